The molecule has 0 aromatic heterocycles. The quantitative estimate of drug-likeness (QED) is 0.714. The third kappa shape index (κ3) is 3.05. The summed E-state index contributed by atoms with van der Waals surface area (Å²) in [4.78, 5) is 2.67. The van der Waals surface area contributed by atoms with E-state index in [9.17, 15) is 0 Å². The molecule has 0 spiro atoms. The van der Waals surface area contributed by atoms with Crippen LogP contribution < -0.4 is 5.32 Å². The van der Waals surface area contributed by atoms with Gasteiger partial charge in [-0.3, -0.25) is 4.90 Å². The van der Waals surface area contributed by atoms with Crippen molar-refractivity contribution in [3.63, 3.8) is 0 Å². The van der Waals surface area contributed by atoms with Crippen LogP contribution in [0.5, 0.6) is 0 Å². The Balaban J connectivity index is 1.93. The van der Waals surface area contributed by atoms with Gasteiger partial charge in [-0.15, -0.1) is 0 Å². The summed E-state index contributed by atoms with van der Waals surface area (Å²) in [6, 6.07) is 1.46. The van der Waals surface area contributed by atoms with E-state index in [2.05, 4.69) is 37.1 Å². The SMILES string of the molecule is CC(C)=CCN1CC(C)NCC1C1CC1. The van der Waals surface area contributed by atoms with Crippen LogP contribution in [-0.2, 0) is 0 Å². The van der Waals surface area contributed by atoms with E-state index in [1.54, 1.807) is 0 Å². The first-order valence-corrected chi connectivity index (χ1v) is 6.27. The van der Waals surface area contributed by atoms with Crippen LogP contribution in [0.15, 0.2) is 11.6 Å². The number of allylic oxidation sites excluding steroid dienone is 1. The molecule has 2 rings (SSSR count). The van der Waals surface area contributed by atoms with E-state index in [4.69, 9.17) is 0 Å². The summed E-state index contributed by atoms with van der Waals surface area (Å²) in [5.41, 5.74) is 1.44. The monoisotopic (exact) mass is 208 g/mol. The van der Waals surface area contributed by atoms with E-state index >= 15 is 0 Å². The van der Waals surface area contributed by atoms with Gasteiger partial charge in [0.05, 0.1) is 0 Å². The average molecular weight is 208 g/mol. The summed E-state index contributed by atoms with van der Waals surface area (Å²) in [5, 5.41) is 3.61. The van der Waals surface area contributed by atoms with E-state index in [1.165, 1.54) is 31.5 Å². The third-order valence-corrected chi connectivity index (χ3v) is 3.55. The smallest absolute Gasteiger partial charge is 0.0252 e. The molecule has 0 aromatic carbocycles. The fourth-order valence-electron chi connectivity index (χ4n) is 2.46. The number of piperazine rings is 1. The Bertz CT molecular complexity index is 239. The second kappa shape index (κ2) is 4.67. The van der Waals surface area contributed by atoms with Gasteiger partial charge in [0.1, 0.15) is 0 Å². The van der Waals surface area contributed by atoms with Gasteiger partial charge in [0.25, 0.3) is 0 Å². The van der Waals surface area contributed by atoms with Gasteiger partial charge >= 0.3 is 0 Å². The van der Waals surface area contributed by atoms with Crippen molar-refractivity contribution in [3.8, 4) is 0 Å². The number of hydrogen-bond acceptors (Lipinski definition) is 2. The molecule has 1 heterocycles. The van der Waals surface area contributed by atoms with Gasteiger partial charge in [0, 0.05) is 31.7 Å². The molecule has 2 aliphatic rings. The zero-order chi connectivity index (χ0) is 10.8. The molecule has 0 amide bonds. The largest absolute Gasteiger partial charge is 0.311 e. The molecule has 1 aliphatic carbocycles. The maximum absolute atomic E-state index is 3.61. The molecule has 2 atom stereocenters. The number of hydrogen-bond donors (Lipinski definition) is 1. The minimum atomic E-state index is 0.658. The van der Waals surface area contributed by atoms with Crippen LogP contribution in [0.1, 0.15) is 33.6 Å². The van der Waals surface area contributed by atoms with E-state index in [0.717, 1.165) is 18.5 Å². The van der Waals surface area contributed by atoms with Crippen LogP contribution >= 0.6 is 0 Å². The number of nitrogens with zero attached hydrogens (tertiary/aromatic N) is 1. The second-order valence-electron chi connectivity index (χ2n) is 5.45. The zero-order valence-electron chi connectivity index (χ0n) is 10.3. The Labute approximate surface area is 93.7 Å². The summed E-state index contributed by atoms with van der Waals surface area (Å²) in [6.07, 6.45) is 5.27. The molecule has 1 N–H and O–H groups in total. The molecule has 1 saturated carbocycles. The summed E-state index contributed by atoms with van der Waals surface area (Å²) >= 11 is 0. The summed E-state index contributed by atoms with van der Waals surface area (Å²) in [5.74, 6) is 0.982. The van der Waals surface area contributed by atoms with E-state index in [-0.39, 0.29) is 0 Å². The van der Waals surface area contributed by atoms with Crippen molar-refractivity contribution in [3.05, 3.63) is 11.6 Å². The third-order valence-electron chi connectivity index (χ3n) is 3.55. The highest BCUT2D eigenvalue weighted by Crippen LogP contribution is 2.36. The van der Waals surface area contributed by atoms with E-state index in [1.807, 2.05) is 0 Å². The predicted molar refractivity (Wildman–Crippen MR) is 65.0 cm³/mol. The fourth-order valence-corrected chi connectivity index (χ4v) is 2.46. The van der Waals surface area contributed by atoms with E-state index < -0.39 is 0 Å². The first kappa shape index (κ1) is 11.2. The Morgan fingerprint density at radius 3 is 2.73 bits per heavy atom. The lowest BCUT2D eigenvalue weighted by Crippen LogP contribution is -2.56. The first-order chi connectivity index (χ1) is 7.16. The molecule has 0 aromatic rings. The lowest BCUT2D eigenvalue weighted by Gasteiger charge is -2.39. The topological polar surface area (TPSA) is 15.3 Å². The van der Waals surface area contributed by atoms with Crippen molar-refractivity contribution in [1.82, 2.24) is 10.2 Å². The van der Waals surface area contributed by atoms with Crippen LogP contribution in [-0.4, -0.2) is 36.6 Å². The Hall–Kier alpha value is -0.340. The molecule has 2 fully saturated rings. The molecule has 1 saturated heterocycles. The van der Waals surface area contributed by atoms with Crippen molar-refractivity contribution in [1.29, 1.82) is 0 Å². The minimum absolute atomic E-state index is 0.658. The van der Waals surface area contributed by atoms with Gasteiger partial charge < -0.3 is 5.32 Å². The van der Waals surface area contributed by atoms with Gasteiger partial charge in [-0.2, -0.15) is 0 Å². The van der Waals surface area contributed by atoms with Crippen LogP contribution in [0, 0.1) is 5.92 Å². The summed E-state index contributed by atoms with van der Waals surface area (Å²) < 4.78 is 0. The van der Waals surface area contributed by atoms with Crippen LogP contribution in [0.2, 0.25) is 0 Å². The van der Waals surface area contributed by atoms with Gasteiger partial charge in [-0.05, 0) is 39.5 Å². The molecular weight excluding hydrogens is 184 g/mol. The molecule has 2 heteroatoms. The second-order valence-corrected chi connectivity index (χ2v) is 5.45. The van der Waals surface area contributed by atoms with Crippen LogP contribution in [0.25, 0.3) is 0 Å². The highest BCUT2D eigenvalue weighted by molar-refractivity contribution is 5.00. The molecule has 86 valence electrons. The summed E-state index contributed by atoms with van der Waals surface area (Å²) in [6.45, 7) is 10.2. The van der Waals surface area contributed by atoms with Gasteiger partial charge in [-0.25, -0.2) is 0 Å². The van der Waals surface area contributed by atoms with Crippen LogP contribution in [0.3, 0.4) is 0 Å². The lowest BCUT2D eigenvalue weighted by atomic mass is 10.1. The molecule has 0 radical (unpaired) electrons. The fraction of sp³-hybridized carbons (Fsp3) is 0.846. The normalized spacial score (nSPS) is 32.7. The molecule has 2 nitrogen and oxygen atoms in total. The van der Waals surface area contributed by atoms with Gasteiger partial charge in [0.2, 0.25) is 0 Å². The molecule has 1 aliphatic heterocycles. The predicted octanol–water partition coefficient (Wildman–Crippen LogP) is 2.02. The average Bonchev–Trinajstić information content (AvgIpc) is 2.98. The standard InChI is InChI=1S/C13H24N2/c1-10(2)6-7-15-9-11(3)14-8-13(15)12-4-5-12/h6,11-14H,4-5,7-9H2,1-3H3. The first-order valence-electron chi connectivity index (χ1n) is 6.27. The Morgan fingerprint density at radius 1 is 1.40 bits per heavy atom. The molecule has 2 unspecified atom stereocenters. The van der Waals surface area contributed by atoms with Crippen molar-refractivity contribution in [2.75, 3.05) is 19.6 Å². The van der Waals surface area contributed by atoms with Gasteiger partial charge in [0.15, 0.2) is 0 Å². The Morgan fingerprint density at radius 2 is 2.13 bits per heavy atom. The molecule has 15 heavy (non-hydrogen) atoms. The highest BCUT2D eigenvalue weighted by Gasteiger charge is 2.37. The van der Waals surface area contributed by atoms with Crippen LogP contribution in [0.4, 0.5) is 0 Å². The number of nitrogens with one attached hydrogen (secondary N) is 1. The molecule has 0 bridgehead atoms. The van der Waals surface area contributed by atoms with Crippen molar-refractivity contribution >= 4 is 0 Å². The van der Waals surface area contributed by atoms with Crippen molar-refractivity contribution in [2.24, 2.45) is 5.92 Å². The number of rotatable bonds is 3. The molecular formula is C13H24N2. The highest BCUT2D eigenvalue weighted by atomic mass is 15.2. The van der Waals surface area contributed by atoms with E-state index in [0.29, 0.717) is 6.04 Å². The minimum Gasteiger partial charge on any atom is -0.311 e. The van der Waals surface area contributed by atoms with Crippen molar-refractivity contribution in [2.45, 2.75) is 45.7 Å². The van der Waals surface area contributed by atoms with Gasteiger partial charge in [-0.1, -0.05) is 11.6 Å². The maximum Gasteiger partial charge on any atom is 0.0252 e. The lowest BCUT2D eigenvalue weighted by molar-refractivity contribution is 0.134. The summed E-state index contributed by atoms with van der Waals surface area (Å²) in [7, 11) is 0. The Kier molecular flexibility index (Phi) is 3.47. The van der Waals surface area contributed by atoms with Crippen molar-refractivity contribution < 1.29 is 0 Å². The zero-order valence-corrected chi connectivity index (χ0v) is 10.3. The maximum atomic E-state index is 3.61.